The van der Waals surface area contributed by atoms with Crippen molar-refractivity contribution in [1.82, 2.24) is 15.1 Å². The fraction of sp³-hybridized carbons (Fsp3) is 0.609. The summed E-state index contributed by atoms with van der Waals surface area (Å²) in [7, 11) is 3.34. The molecular formula is C23H33N3O4. The Morgan fingerprint density at radius 3 is 2.57 bits per heavy atom. The van der Waals surface area contributed by atoms with E-state index in [4.69, 9.17) is 4.74 Å². The van der Waals surface area contributed by atoms with Crippen LogP contribution in [0.5, 0.6) is 0 Å². The lowest BCUT2D eigenvalue weighted by Gasteiger charge is -2.38. The highest BCUT2D eigenvalue weighted by atomic mass is 16.5. The van der Waals surface area contributed by atoms with Gasteiger partial charge in [0.1, 0.15) is 6.04 Å². The highest BCUT2D eigenvalue weighted by Crippen LogP contribution is 2.44. The molecule has 30 heavy (non-hydrogen) atoms. The molecule has 2 saturated heterocycles. The van der Waals surface area contributed by atoms with E-state index in [-0.39, 0.29) is 17.7 Å². The van der Waals surface area contributed by atoms with E-state index in [0.29, 0.717) is 45.5 Å². The van der Waals surface area contributed by atoms with Crippen molar-refractivity contribution in [3.8, 4) is 0 Å². The average molecular weight is 416 g/mol. The molecule has 0 saturated carbocycles. The summed E-state index contributed by atoms with van der Waals surface area (Å²) in [5.41, 5.74) is 2.29. The van der Waals surface area contributed by atoms with E-state index in [2.05, 4.69) is 5.32 Å². The predicted molar refractivity (Wildman–Crippen MR) is 114 cm³/mol. The second-order valence-corrected chi connectivity index (χ2v) is 8.66. The summed E-state index contributed by atoms with van der Waals surface area (Å²) >= 11 is 0. The fourth-order valence-corrected chi connectivity index (χ4v) is 4.70. The minimum atomic E-state index is -0.539. The summed E-state index contributed by atoms with van der Waals surface area (Å²) in [6.07, 6.45) is 2.46. The Balaban J connectivity index is 1.62. The second-order valence-electron chi connectivity index (χ2n) is 8.66. The third-order valence-corrected chi connectivity index (χ3v) is 6.57. The number of nitrogens with zero attached hydrogens (tertiary/aromatic N) is 2. The van der Waals surface area contributed by atoms with Crippen molar-refractivity contribution in [2.24, 2.45) is 5.41 Å². The second kappa shape index (κ2) is 9.16. The zero-order chi connectivity index (χ0) is 21.9. The van der Waals surface area contributed by atoms with E-state index < -0.39 is 11.5 Å². The molecule has 0 aromatic heterocycles. The highest BCUT2D eigenvalue weighted by Gasteiger charge is 2.53. The van der Waals surface area contributed by atoms with Crippen LogP contribution in [0.2, 0.25) is 0 Å². The lowest BCUT2D eigenvalue weighted by Crippen LogP contribution is -2.46. The van der Waals surface area contributed by atoms with Gasteiger partial charge in [-0.2, -0.15) is 0 Å². The third-order valence-electron chi connectivity index (χ3n) is 6.57. The summed E-state index contributed by atoms with van der Waals surface area (Å²) < 4.78 is 5.00. The van der Waals surface area contributed by atoms with Crippen LogP contribution < -0.4 is 5.32 Å². The van der Waals surface area contributed by atoms with Gasteiger partial charge in [0.2, 0.25) is 11.8 Å². The summed E-state index contributed by atoms with van der Waals surface area (Å²) in [6, 6.07) is 5.41. The van der Waals surface area contributed by atoms with E-state index in [9.17, 15) is 14.4 Å². The van der Waals surface area contributed by atoms with Gasteiger partial charge in [0.15, 0.2) is 0 Å². The predicted octanol–water partition coefficient (Wildman–Crippen LogP) is 1.91. The number of ether oxygens (including phenoxy) is 1. The normalized spacial score (nSPS) is 20.7. The van der Waals surface area contributed by atoms with E-state index in [1.165, 1.54) is 0 Å². The first-order chi connectivity index (χ1) is 14.3. The molecule has 7 nitrogen and oxygen atoms in total. The number of methoxy groups -OCH3 is 1. The number of carbonyl (C=O) groups excluding carboxylic acids is 3. The van der Waals surface area contributed by atoms with Gasteiger partial charge in [0, 0.05) is 46.0 Å². The number of piperidine rings is 1. The molecule has 2 aliphatic heterocycles. The molecule has 0 aliphatic carbocycles. The van der Waals surface area contributed by atoms with Gasteiger partial charge in [0.25, 0.3) is 5.91 Å². The monoisotopic (exact) mass is 415 g/mol. The molecule has 0 radical (unpaired) electrons. The van der Waals surface area contributed by atoms with Crippen LogP contribution in [0.15, 0.2) is 18.2 Å². The smallest absolute Gasteiger partial charge is 0.254 e. The molecule has 2 heterocycles. The van der Waals surface area contributed by atoms with Crippen LogP contribution in [0.1, 0.15) is 47.2 Å². The molecule has 3 rings (SSSR count). The molecule has 7 heteroatoms. The summed E-state index contributed by atoms with van der Waals surface area (Å²) in [5.74, 6) is -0.0562. The molecule has 164 valence electrons. The zero-order valence-corrected chi connectivity index (χ0v) is 18.5. The summed E-state index contributed by atoms with van der Waals surface area (Å²) in [5, 5.41) is 2.91. The fourth-order valence-electron chi connectivity index (χ4n) is 4.70. The Morgan fingerprint density at radius 2 is 1.93 bits per heavy atom. The van der Waals surface area contributed by atoms with Crippen LogP contribution in [0, 0.1) is 19.3 Å². The SMILES string of the molecule is COCCCNC(=O)C1CC2(CCN(C(=O)c3ccc(C)cc3C)CC2)C(=O)N1C. The molecule has 2 fully saturated rings. The van der Waals surface area contributed by atoms with Gasteiger partial charge in [-0.15, -0.1) is 0 Å². The lowest BCUT2D eigenvalue weighted by molar-refractivity contribution is -0.139. The number of carbonyl (C=O) groups is 3. The van der Waals surface area contributed by atoms with Crippen molar-refractivity contribution >= 4 is 17.7 Å². The van der Waals surface area contributed by atoms with Crippen molar-refractivity contribution in [1.29, 1.82) is 0 Å². The lowest BCUT2D eigenvalue weighted by atomic mass is 9.75. The Morgan fingerprint density at radius 1 is 1.23 bits per heavy atom. The van der Waals surface area contributed by atoms with E-state index in [1.807, 2.05) is 36.9 Å². The Bertz CT molecular complexity index is 815. The van der Waals surface area contributed by atoms with Crippen LogP contribution in [0.25, 0.3) is 0 Å². The van der Waals surface area contributed by atoms with Crippen LogP contribution in [-0.2, 0) is 14.3 Å². The number of benzene rings is 1. The molecule has 1 aromatic carbocycles. The molecule has 1 unspecified atom stereocenters. The maximum Gasteiger partial charge on any atom is 0.254 e. The largest absolute Gasteiger partial charge is 0.385 e. The molecule has 1 spiro atoms. The summed E-state index contributed by atoms with van der Waals surface area (Å²) in [6.45, 7) is 6.17. The number of hydrogen-bond donors (Lipinski definition) is 1. The van der Waals surface area contributed by atoms with E-state index >= 15 is 0 Å². The Hall–Kier alpha value is -2.41. The van der Waals surface area contributed by atoms with Gasteiger partial charge in [0.05, 0.1) is 5.41 Å². The number of nitrogens with one attached hydrogen (secondary N) is 1. The topological polar surface area (TPSA) is 79.0 Å². The number of hydrogen-bond acceptors (Lipinski definition) is 4. The van der Waals surface area contributed by atoms with Gasteiger partial charge < -0.3 is 19.9 Å². The number of likely N-dealkylation sites (N-methyl/N-ethyl adjacent to an activating group) is 1. The van der Waals surface area contributed by atoms with Gasteiger partial charge >= 0.3 is 0 Å². The number of likely N-dealkylation sites (tertiary alicyclic amines) is 2. The van der Waals surface area contributed by atoms with Crippen LogP contribution in [0.3, 0.4) is 0 Å². The van der Waals surface area contributed by atoms with Crippen molar-refractivity contribution in [2.75, 3.05) is 40.4 Å². The van der Waals surface area contributed by atoms with Crippen LogP contribution in [0.4, 0.5) is 0 Å². The quantitative estimate of drug-likeness (QED) is 0.720. The van der Waals surface area contributed by atoms with Crippen LogP contribution >= 0.6 is 0 Å². The molecule has 0 bridgehead atoms. The number of rotatable bonds is 6. The van der Waals surface area contributed by atoms with Crippen molar-refractivity contribution < 1.29 is 19.1 Å². The van der Waals surface area contributed by atoms with Crippen molar-refractivity contribution in [3.63, 3.8) is 0 Å². The zero-order valence-electron chi connectivity index (χ0n) is 18.5. The Kier molecular flexibility index (Phi) is 6.81. The first kappa shape index (κ1) is 22.3. The minimum Gasteiger partial charge on any atom is -0.385 e. The maximum absolute atomic E-state index is 13.0. The average Bonchev–Trinajstić information content (AvgIpc) is 2.96. The first-order valence-corrected chi connectivity index (χ1v) is 10.7. The van der Waals surface area contributed by atoms with E-state index in [0.717, 1.165) is 23.1 Å². The van der Waals surface area contributed by atoms with Crippen molar-refractivity contribution in [2.45, 2.75) is 45.6 Å². The van der Waals surface area contributed by atoms with Crippen LogP contribution in [-0.4, -0.2) is 74.0 Å². The standard InChI is InChI=1S/C23H33N3O4/c1-16-6-7-18(17(2)14-16)21(28)26-11-8-23(9-12-26)15-19(25(3)22(23)29)20(27)24-10-5-13-30-4/h6-7,14,19H,5,8-13,15H2,1-4H3,(H,24,27). The molecule has 1 atom stereocenters. The molecule has 1 aromatic rings. The van der Waals surface area contributed by atoms with Gasteiger partial charge in [-0.3, -0.25) is 14.4 Å². The van der Waals surface area contributed by atoms with Gasteiger partial charge in [-0.1, -0.05) is 17.7 Å². The number of amides is 3. The van der Waals surface area contributed by atoms with E-state index in [1.54, 1.807) is 19.1 Å². The molecule has 1 N–H and O–H groups in total. The number of aryl methyl sites for hydroxylation is 2. The Labute approximate surface area is 178 Å². The highest BCUT2D eigenvalue weighted by molar-refractivity contribution is 5.97. The molecule has 3 amide bonds. The molecule has 2 aliphatic rings. The van der Waals surface area contributed by atoms with Gasteiger partial charge in [-0.05, 0) is 51.2 Å². The maximum atomic E-state index is 13.0. The van der Waals surface area contributed by atoms with Crippen molar-refractivity contribution in [3.05, 3.63) is 34.9 Å². The van der Waals surface area contributed by atoms with Gasteiger partial charge in [-0.25, -0.2) is 0 Å². The first-order valence-electron chi connectivity index (χ1n) is 10.7. The molecular weight excluding hydrogens is 382 g/mol. The summed E-state index contributed by atoms with van der Waals surface area (Å²) in [4.78, 5) is 42.0. The minimum absolute atomic E-state index is 0.0218. The third kappa shape index (κ3) is 4.36.